The summed E-state index contributed by atoms with van der Waals surface area (Å²) in [6.07, 6.45) is 2.03. The minimum atomic E-state index is -0.940. The van der Waals surface area contributed by atoms with E-state index in [-0.39, 0.29) is 18.2 Å². The molecule has 4 nitrogen and oxygen atoms in total. The standard InChI is InChI=1S/C15H18ClNO3/c1-9(10-2-3-10)15(20)17-13(8-14(18)19)11-4-6-12(16)7-5-11/h4-7,9-10,13H,2-3,8H2,1H3,(H,17,20)(H,18,19)/t9?,13-/m0/s1. The molecule has 0 saturated heterocycles. The summed E-state index contributed by atoms with van der Waals surface area (Å²) >= 11 is 5.82. The molecule has 2 atom stereocenters. The lowest BCUT2D eigenvalue weighted by molar-refractivity contribution is -0.138. The second-order valence-electron chi connectivity index (χ2n) is 5.34. The first-order valence-electron chi connectivity index (χ1n) is 6.75. The summed E-state index contributed by atoms with van der Waals surface area (Å²) in [6.45, 7) is 1.90. The van der Waals surface area contributed by atoms with Crippen molar-refractivity contribution in [3.05, 3.63) is 34.9 Å². The molecule has 0 heterocycles. The monoisotopic (exact) mass is 295 g/mol. The topological polar surface area (TPSA) is 66.4 Å². The van der Waals surface area contributed by atoms with Crippen molar-refractivity contribution < 1.29 is 14.7 Å². The van der Waals surface area contributed by atoms with Gasteiger partial charge >= 0.3 is 5.97 Å². The smallest absolute Gasteiger partial charge is 0.305 e. The molecule has 1 unspecified atom stereocenters. The van der Waals surface area contributed by atoms with Crippen molar-refractivity contribution in [2.24, 2.45) is 11.8 Å². The number of carbonyl (C=O) groups excluding carboxylic acids is 1. The number of nitrogens with one attached hydrogen (secondary N) is 1. The molecule has 0 spiro atoms. The van der Waals surface area contributed by atoms with Crippen LogP contribution in [0.1, 0.15) is 37.8 Å². The fraction of sp³-hybridized carbons (Fsp3) is 0.467. The van der Waals surface area contributed by atoms with Crippen LogP contribution in [0.2, 0.25) is 5.02 Å². The zero-order valence-corrected chi connectivity index (χ0v) is 12.1. The predicted octanol–water partition coefficient (Wildman–Crippen LogP) is 3.02. The maximum atomic E-state index is 12.1. The molecule has 0 bridgehead atoms. The molecular weight excluding hydrogens is 278 g/mol. The number of carboxylic acids is 1. The maximum absolute atomic E-state index is 12.1. The molecule has 1 amide bonds. The van der Waals surface area contributed by atoms with E-state index < -0.39 is 12.0 Å². The van der Waals surface area contributed by atoms with Crippen molar-refractivity contribution in [3.8, 4) is 0 Å². The fourth-order valence-electron chi connectivity index (χ4n) is 2.24. The fourth-order valence-corrected chi connectivity index (χ4v) is 2.36. The first-order chi connectivity index (χ1) is 9.47. The predicted molar refractivity (Wildman–Crippen MR) is 76.5 cm³/mol. The first kappa shape index (κ1) is 14.9. The Bertz CT molecular complexity index is 496. The first-order valence-corrected chi connectivity index (χ1v) is 7.13. The van der Waals surface area contributed by atoms with E-state index in [4.69, 9.17) is 16.7 Å². The van der Waals surface area contributed by atoms with Gasteiger partial charge in [-0.1, -0.05) is 30.7 Å². The van der Waals surface area contributed by atoms with Crippen molar-refractivity contribution >= 4 is 23.5 Å². The minimum absolute atomic E-state index is 0.0569. The van der Waals surface area contributed by atoms with Gasteiger partial charge in [-0.05, 0) is 36.5 Å². The average Bonchev–Trinajstić information content (AvgIpc) is 3.21. The number of amides is 1. The van der Waals surface area contributed by atoms with Crippen LogP contribution < -0.4 is 5.32 Å². The van der Waals surface area contributed by atoms with Crippen molar-refractivity contribution in [3.63, 3.8) is 0 Å². The highest BCUT2D eigenvalue weighted by Crippen LogP contribution is 2.37. The van der Waals surface area contributed by atoms with Gasteiger partial charge in [0.15, 0.2) is 0 Å². The Labute approximate surface area is 123 Å². The molecule has 0 radical (unpaired) electrons. The van der Waals surface area contributed by atoms with E-state index in [1.54, 1.807) is 24.3 Å². The second kappa shape index (κ2) is 6.27. The van der Waals surface area contributed by atoms with Gasteiger partial charge in [-0.2, -0.15) is 0 Å². The number of benzene rings is 1. The van der Waals surface area contributed by atoms with E-state index in [2.05, 4.69) is 5.32 Å². The third-order valence-corrected chi connectivity index (χ3v) is 3.96. The van der Waals surface area contributed by atoms with Crippen molar-refractivity contribution in [1.82, 2.24) is 5.32 Å². The largest absolute Gasteiger partial charge is 0.481 e. The van der Waals surface area contributed by atoms with Crippen molar-refractivity contribution in [2.75, 3.05) is 0 Å². The van der Waals surface area contributed by atoms with Gasteiger partial charge in [0.2, 0.25) is 5.91 Å². The molecule has 1 aliphatic rings. The quantitative estimate of drug-likeness (QED) is 0.848. The lowest BCUT2D eigenvalue weighted by Gasteiger charge is -2.20. The summed E-state index contributed by atoms with van der Waals surface area (Å²) in [5.74, 6) is -0.623. The second-order valence-corrected chi connectivity index (χ2v) is 5.77. The van der Waals surface area contributed by atoms with Crippen LogP contribution in [0, 0.1) is 11.8 Å². The molecule has 2 N–H and O–H groups in total. The van der Waals surface area contributed by atoms with Crippen LogP contribution in [0.15, 0.2) is 24.3 Å². The third-order valence-electron chi connectivity index (χ3n) is 3.71. The zero-order chi connectivity index (χ0) is 14.7. The van der Waals surface area contributed by atoms with Crippen LogP contribution in [0.3, 0.4) is 0 Å². The zero-order valence-electron chi connectivity index (χ0n) is 11.3. The number of rotatable bonds is 6. The number of hydrogen-bond acceptors (Lipinski definition) is 2. The minimum Gasteiger partial charge on any atom is -0.481 e. The van der Waals surface area contributed by atoms with Gasteiger partial charge in [-0.15, -0.1) is 0 Å². The Morgan fingerprint density at radius 3 is 2.45 bits per heavy atom. The van der Waals surface area contributed by atoms with Gasteiger partial charge < -0.3 is 10.4 Å². The van der Waals surface area contributed by atoms with Crippen LogP contribution in [0.5, 0.6) is 0 Å². The lowest BCUT2D eigenvalue weighted by atomic mass is 10.0. The Kier molecular flexibility index (Phi) is 4.65. The number of halogens is 1. The maximum Gasteiger partial charge on any atom is 0.305 e. The molecule has 1 saturated carbocycles. The highest BCUT2D eigenvalue weighted by atomic mass is 35.5. The number of hydrogen-bond donors (Lipinski definition) is 2. The van der Waals surface area contributed by atoms with E-state index in [0.29, 0.717) is 10.9 Å². The van der Waals surface area contributed by atoms with Crippen LogP contribution in [-0.4, -0.2) is 17.0 Å². The van der Waals surface area contributed by atoms with E-state index in [1.165, 1.54) is 0 Å². The molecule has 20 heavy (non-hydrogen) atoms. The molecule has 1 aromatic rings. The SMILES string of the molecule is CC(C(=O)N[C@@H](CC(=O)O)c1ccc(Cl)cc1)C1CC1. The number of carbonyl (C=O) groups is 2. The van der Waals surface area contributed by atoms with E-state index in [1.807, 2.05) is 6.92 Å². The van der Waals surface area contributed by atoms with E-state index in [9.17, 15) is 9.59 Å². The van der Waals surface area contributed by atoms with Gasteiger partial charge in [-0.25, -0.2) is 0 Å². The lowest BCUT2D eigenvalue weighted by Crippen LogP contribution is -2.34. The van der Waals surface area contributed by atoms with Gasteiger partial charge in [0.05, 0.1) is 12.5 Å². The van der Waals surface area contributed by atoms with Crippen LogP contribution >= 0.6 is 11.6 Å². The van der Waals surface area contributed by atoms with Crippen LogP contribution in [0.4, 0.5) is 0 Å². The molecular formula is C15H18ClNO3. The Morgan fingerprint density at radius 2 is 1.95 bits per heavy atom. The highest BCUT2D eigenvalue weighted by molar-refractivity contribution is 6.30. The summed E-state index contributed by atoms with van der Waals surface area (Å²) in [5, 5.41) is 12.4. The van der Waals surface area contributed by atoms with Crippen LogP contribution in [0.25, 0.3) is 0 Å². The molecule has 0 aliphatic heterocycles. The summed E-state index contributed by atoms with van der Waals surface area (Å²) < 4.78 is 0. The molecule has 108 valence electrons. The molecule has 1 aromatic carbocycles. The highest BCUT2D eigenvalue weighted by Gasteiger charge is 2.33. The number of carboxylic acid groups (broad SMARTS) is 1. The van der Waals surface area contributed by atoms with Gasteiger partial charge in [0.1, 0.15) is 0 Å². The molecule has 1 aliphatic carbocycles. The third kappa shape index (κ3) is 3.97. The van der Waals surface area contributed by atoms with Crippen molar-refractivity contribution in [2.45, 2.75) is 32.2 Å². The Hall–Kier alpha value is -1.55. The summed E-state index contributed by atoms with van der Waals surface area (Å²) in [7, 11) is 0. The van der Waals surface area contributed by atoms with Crippen LogP contribution in [-0.2, 0) is 9.59 Å². The Morgan fingerprint density at radius 1 is 1.35 bits per heavy atom. The summed E-state index contributed by atoms with van der Waals surface area (Å²) in [6, 6.07) is 6.37. The molecule has 1 fully saturated rings. The van der Waals surface area contributed by atoms with Crippen molar-refractivity contribution in [1.29, 1.82) is 0 Å². The van der Waals surface area contributed by atoms with Gasteiger partial charge in [0, 0.05) is 10.9 Å². The Balaban J connectivity index is 2.08. The van der Waals surface area contributed by atoms with Gasteiger partial charge in [0.25, 0.3) is 0 Å². The molecule has 5 heteroatoms. The summed E-state index contributed by atoms with van der Waals surface area (Å²) in [5.41, 5.74) is 0.758. The normalized spacial score (nSPS) is 17.3. The molecule has 2 rings (SSSR count). The van der Waals surface area contributed by atoms with E-state index in [0.717, 1.165) is 18.4 Å². The van der Waals surface area contributed by atoms with Gasteiger partial charge in [-0.3, -0.25) is 9.59 Å². The summed E-state index contributed by atoms with van der Waals surface area (Å²) in [4.78, 5) is 23.1. The number of aliphatic carboxylic acids is 1. The average molecular weight is 296 g/mol. The molecule has 0 aromatic heterocycles. The van der Waals surface area contributed by atoms with E-state index >= 15 is 0 Å².